The zero-order chi connectivity index (χ0) is 22.1. The Bertz CT molecular complexity index is 1570. The molecule has 0 fully saturated rings. The molecule has 1 amide bonds. The molecule has 1 aromatic heterocycles. The summed E-state index contributed by atoms with van der Waals surface area (Å²) in [5, 5.41) is 2.64. The van der Waals surface area contributed by atoms with Gasteiger partial charge in [0.05, 0.1) is 10.5 Å². The van der Waals surface area contributed by atoms with Crippen molar-refractivity contribution in [2.24, 2.45) is 0 Å². The molecule has 5 aromatic rings. The van der Waals surface area contributed by atoms with Crippen molar-refractivity contribution >= 4 is 37.6 Å². The predicted octanol–water partition coefficient (Wildman–Crippen LogP) is 5.23. The molecule has 0 aliphatic heterocycles. The molecule has 0 aliphatic rings. The number of para-hydroxylation sites is 1. The molecular formula is C25H18N2O4S. The van der Waals surface area contributed by atoms with E-state index in [4.69, 9.17) is 4.74 Å². The number of hydrogen-bond acceptors (Lipinski definition) is 4. The van der Waals surface area contributed by atoms with E-state index in [0.29, 0.717) is 5.75 Å². The molecule has 0 saturated carbocycles. The van der Waals surface area contributed by atoms with Gasteiger partial charge >= 0.3 is 0 Å². The molecule has 0 spiro atoms. The van der Waals surface area contributed by atoms with Crippen molar-refractivity contribution in [1.82, 2.24) is 9.71 Å². The standard InChI is InChI=1S/C25H18N2O4S/c28-25(27-32(29,30)21-11-9-17-5-1-2-6-18(17)16-21)22-7-3-4-8-24(22)31-20-10-12-23-19(15-20)13-14-26-23/h1-16,26H,(H,27,28). The maximum Gasteiger partial charge on any atom is 0.268 e. The Labute approximate surface area is 184 Å². The lowest BCUT2D eigenvalue weighted by Crippen LogP contribution is -2.30. The molecule has 1 heterocycles. The van der Waals surface area contributed by atoms with Gasteiger partial charge in [-0.25, -0.2) is 13.1 Å². The molecule has 0 bridgehead atoms. The Morgan fingerprint density at radius 2 is 1.56 bits per heavy atom. The molecule has 0 saturated heterocycles. The molecule has 0 radical (unpaired) electrons. The van der Waals surface area contributed by atoms with Gasteiger partial charge in [-0.1, -0.05) is 42.5 Å². The van der Waals surface area contributed by atoms with E-state index in [0.717, 1.165) is 21.7 Å². The van der Waals surface area contributed by atoms with Crippen LogP contribution in [0.15, 0.2) is 102 Å². The van der Waals surface area contributed by atoms with Crippen LogP contribution in [0.4, 0.5) is 0 Å². The van der Waals surface area contributed by atoms with Gasteiger partial charge in [0, 0.05) is 17.1 Å². The van der Waals surface area contributed by atoms with Gasteiger partial charge in [-0.05, 0) is 59.3 Å². The summed E-state index contributed by atoms with van der Waals surface area (Å²) in [6, 6.07) is 26.1. The Morgan fingerprint density at radius 3 is 2.44 bits per heavy atom. The normalized spacial score (nSPS) is 11.5. The second-order valence-electron chi connectivity index (χ2n) is 7.27. The minimum atomic E-state index is -4.07. The third-order valence-corrected chi connectivity index (χ3v) is 6.47. The summed E-state index contributed by atoms with van der Waals surface area (Å²) in [4.78, 5) is 16.0. The van der Waals surface area contributed by atoms with Gasteiger partial charge in [-0.15, -0.1) is 0 Å². The molecule has 5 rings (SSSR count). The first-order chi connectivity index (χ1) is 15.5. The highest BCUT2D eigenvalue weighted by atomic mass is 32.2. The summed E-state index contributed by atoms with van der Waals surface area (Å²) < 4.78 is 33.8. The van der Waals surface area contributed by atoms with Crippen LogP contribution in [0.3, 0.4) is 0 Å². The summed E-state index contributed by atoms with van der Waals surface area (Å²) in [5.41, 5.74) is 1.08. The fourth-order valence-electron chi connectivity index (χ4n) is 3.54. The van der Waals surface area contributed by atoms with Crippen LogP contribution in [0.25, 0.3) is 21.7 Å². The quantitative estimate of drug-likeness (QED) is 0.390. The number of aromatic nitrogens is 1. The summed E-state index contributed by atoms with van der Waals surface area (Å²) >= 11 is 0. The summed E-state index contributed by atoms with van der Waals surface area (Å²) in [7, 11) is -4.07. The summed E-state index contributed by atoms with van der Waals surface area (Å²) in [5.74, 6) is 0.0276. The van der Waals surface area contributed by atoms with Gasteiger partial charge in [0.15, 0.2) is 0 Å². The van der Waals surface area contributed by atoms with Crippen LogP contribution >= 0.6 is 0 Å². The molecule has 2 N–H and O–H groups in total. The first-order valence-corrected chi connectivity index (χ1v) is 11.4. The highest BCUT2D eigenvalue weighted by molar-refractivity contribution is 7.90. The molecule has 6 nitrogen and oxygen atoms in total. The number of ether oxygens (including phenoxy) is 1. The number of fused-ring (bicyclic) bond motifs is 2. The number of carbonyl (C=O) groups is 1. The van der Waals surface area contributed by atoms with Crippen molar-refractivity contribution in [3.63, 3.8) is 0 Å². The van der Waals surface area contributed by atoms with Crippen LogP contribution in [0.5, 0.6) is 11.5 Å². The number of carbonyl (C=O) groups excluding carboxylic acids is 1. The molecule has 0 unspecified atom stereocenters. The first-order valence-electron chi connectivity index (χ1n) is 9.90. The van der Waals surface area contributed by atoms with Crippen LogP contribution in [-0.2, 0) is 10.0 Å². The summed E-state index contributed by atoms with van der Waals surface area (Å²) in [6.45, 7) is 0. The van der Waals surface area contributed by atoms with Crippen molar-refractivity contribution in [1.29, 1.82) is 0 Å². The lowest BCUT2D eigenvalue weighted by atomic mass is 10.1. The first kappa shape index (κ1) is 19.8. The van der Waals surface area contributed by atoms with E-state index in [9.17, 15) is 13.2 Å². The molecule has 7 heteroatoms. The van der Waals surface area contributed by atoms with Crippen LogP contribution in [-0.4, -0.2) is 19.3 Å². The lowest BCUT2D eigenvalue weighted by molar-refractivity contribution is 0.0979. The van der Waals surface area contributed by atoms with E-state index in [2.05, 4.69) is 9.71 Å². The Balaban J connectivity index is 1.42. The van der Waals surface area contributed by atoms with Crippen molar-refractivity contribution in [2.75, 3.05) is 0 Å². The number of benzene rings is 4. The van der Waals surface area contributed by atoms with Crippen molar-refractivity contribution in [2.45, 2.75) is 4.90 Å². The highest BCUT2D eigenvalue weighted by Crippen LogP contribution is 2.28. The Hall–Kier alpha value is -4.10. The Kier molecular flexibility index (Phi) is 4.88. The smallest absolute Gasteiger partial charge is 0.268 e. The molecule has 0 aliphatic carbocycles. The van der Waals surface area contributed by atoms with Gasteiger partial charge in [0.25, 0.3) is 15.9 Å². The predicted molar refractivity (Wildman–Crippen MR) is 123 cm³/mol. The zero-order valence-corrected chi connectivity index (χ0v) is 17.6. The fourth-order valence-corrected chi connectivity index (χ4v) is 4.54. The fraction of sp³-hybridized carbons (Fsp3) is 0. The molecule has 158 valence electrons. The van der Waals surface area contributed by atoms with Crippen LogP contribution in [0.2, 0.25) is 0 Å². The van der Waals surface area contributed by atoms with Crippen molar-refractivity contribution in [3.05, 3.63) is 103 Å². The number of aromatic amines is 1. The van der Waals surface area contributed by atoms with Gasteiger partial charge in [-0.3, -0.25) is 4.79 Å². The highest BCUT2D eigenvalue weighted by Gasteiger charge is 2.21. The molecule has 4 aromatic carbocycles. The van der Waals surface area contributed by atoms with Crippen LogP contribution < -0.4 is 9.46 Å². The Morgan fingerprint density at radius 1 is 0.781 bits per heavy atom. The van der Waals surface area contributed by atoms with Crippen molar-refractivity contribution in [3.8, 4) is 11.5 Å². The molecule has 32 heavy (non-hydrogen) atoms. The third-order valence-electron chi connectivity index (χ3n) is 5.14. The van der Waals surface area contributed by atoms with E-state index in [1.807, 2.05) is 48.7 Å². The minimum absolute atomic E-state index is 0.0147. The van der Waals surface area contributed by atoms with E-state index in [1.54, 1.807) is 36.4 Å². The average Bonchev–Trinajstić information content (AvgIpc) is 3.27. The van der Waals surface area contributed by atoms with Gasteiger partial charge in [0.1, 0.15) is 11.5 Å². The van der Waals surface area contributed by atoms with Crippen molar-refractivity contribution < 1.29 is 17.9 Å². The summed E-state index contributed by atoms with van der Waals surface area (Å²) in [6.07, 6.45) is 1.83. The largest absolute Gasteiger partial charge is 0.457 e. The monoisotopic (exact) mass is 442 g/mol. The topological polar surface area (TPSA) is 88.3 Å². The van der Waals surface area contributed by atoms with E-state index >= 15 is 0 Å². The number of nitrogens with one attached hydrogen (secondary N) is 2. The number of amides is 1. The zero-order valence-electron chi connectivity index (χ0n) is 16.8. The third kappa shape index (κ3) is 3.81. The second kappa shape index (κ2) is 7.86. The van der Waals surface area contributed by atoms with Gasteiger partial charge in [0.2, 0.25) is 0 Å². The van der Waals surface area contributed by atoms with Crippen LogP contribution in [0.1, 0.15) is 10.4 Å². The number of H-pyrrole nitrogens is 1. The minimum Gasteiger partial charge on any atom is -0.457 e. The van der Waals surface area contributed by atoms with Gasteiger partial charge < -0.3 is 9.72 Å². The average molecular weight is 442 g/mol. The SMILES string of the molecule is O=C(NS(=O)(=O)c1ccc2ccccc2c1)c1ccccc1Oc1ccc2[nH]ccc2c1. The number of sulfonamides is 1. The van der Waals surface area contributed by atoms with E-state index < -0.39 is 15.9 Å². The molecule has 0 atom stereocenters. The van der Waals surface area contributed by atoms with Crippen LogP contribution in [0, 0.1) is 0 Å². The lowest BCUT2D eigenvalue weighted by Gasteiger charge is -2.12. The number of rotatable bonds is 5. The van der Waals surface area contributed by atoms with E-state index in [-0.39, 0.29) is 16.2 Å². The second-order valence-corrected chi connectivity index (χ2v) is 8.95. The maximum absolute atomic E-state index is 12.9. The van der Waals surface area contributed by atoms with Gasteiger partial charge in [-0.2, -0.15) is 0 Å². The van der Waals surface area contributed by atoms with E-state index in [1.165, 1.54) is 12.1 Å². The molecular weight excluding hydrogens is 424 g/mol. The maximum atomic E-state index is 12.9. The number of hydrogen-bond donors (Lipinski definition) is 2.